The molecule has 1 atom stereocenters. The van der Waals surface area contributed by atoms with Crippen molar-refractivity contribution in [1.29, 1.82) is 5.26 Å². The second-order valence-corrected chi connectivity index (χ2v) is 4.00. The summed E-state index contributed by atoms with van der Waals surface area (Å²) in [7, 11) is 0. The molecule has 0 radical (unpaired) electrons. The van der Waals surface area contributed by atoms with Gasteiger partial charge in [-0.3, -0.25) is 4.79 Å². The molecular weight excluding hydrogens is 230 g/mol. The maximum absolute atomic E-state index is 11.7. The number of nitrogens with one attached hydrogen (secondary N) is 2. The Morgan fingerprint density at radius 2 is 2.28 bits per heavy atom. The Kier molecular flexibility index (Phi) is 5.85. The SMILES string of the molecule is CC(O)CNCCNC(=O)c1cccc(C#N)c1. The standard InChI is InChI=1S/C13H17N3O2/c1-10(17)9-15-5-6-16-13(18)12-4-2-3-11(7-12)8-14/h2-4,7,10,15,17H,5-6,9H2,1H3,(H,16,18). The number of hydrogen-bond donors (Lipinski definition) is 3. The van der Waals surface area contributed by atoms with Crippen LogP contribution in [-0.4, -0.2) is 36.8 Å². The minimum Gasteiger partial charge on any atom is -0.392 e. The predicted octanol–water partition coefficient (Wildman–Crippen LogP) is 0.258. The van der Waals surface area contributed by atoms with E-state index in [4.69, 9.17) is 10.4 Å². The van der Waals surface area contributed by atoms with E-state index in [9.17, 15) is 4.79 Å². The van der Waals surface area contributed by atoms with Crippen molar-refractivity contribution in [2.24, 2.45) is 0 Å². The van der Waals surface area contributed by atoms with Gasteiger partial charge in [-0.05, 0) is 25.1 Å². The van der Waals surface area contributed by atoms with Crippen LogP contribution in [-0.2, 0) is 0 Å². The zero-order valence-corrected chi connectivity index (χ0v) is 10.3. The molecule has 5 heteroatoms. The van der Waals surface area contributed by atoms with Gasteiger partial charge in [0.2, 0.25) is 0 Å². The normalized spacial score (nSPS) is 11.6. The summed E-state index contributed by atoms with van der Waals surface area (Å²) >= 11 is 0. The number of aliphatic hydroxyl groups is 1. The first kappa shape index (κ1) is 14.2. The van der Waals surface area contributed by atoms with Crippen molar-refractivity contribution in [2.45, 2.75) is 13.0 Å². The van der Waals surface area contributed by atoms with Crippen LogP contribution in [0, 0.1) is 11.3 Å². The Hall–Kier alpha value is -1.90. The van der Waals surface area contributed by atoms with Crippen molar-refractivity contribution in [1.82, 2.24) is 10.6 Å². The van der Waals surface area contributed by atoms with Crippen LogP contribution in [0.3, 0.4) is 0 Å². The molecule has 1 aromatic rings. The van der Waals surface area contributed by atoms with Crippen molar-refractivity contribution in [3.63, 3.8) is 0 Å². The molecule has 0 spiro atoms. The molecule has 0 heterocycles. The zero-order valence-electron chi connectivity index (χ0n) is 10.3. The van der Waals surface area contributed by atoms with E-state index >= 15 is 0 Å². The Balaban J connectivity index is 2.34. The highest BCUT2D eigenvalue weighted by Crippen LogP contribution is 2.03. The second-order valence-electron chi connectivity index (χ2n) is 4.00. The fourth-order valence-electron chi connectivity index (χ4n) is 1.41. The molecule has 0 aliphatic carbocycles. The first-order valence-electron chi connectivity index (χ1n) is 5.80. The summed E-state index contributed by atoms with van der Waals surface area (Å²) in [6.07, 6.45) is -0.395. The molecule has 0 aliphatic heterocycles. The van der Waals surface area contributed by atoms with E-state index in [1.807, 2.05) is 6.07 Å². The van der Waals surface area contributed by atoms with Gasteiger partial charge in [0.05, 0.1) is 17.7 Å². The van der Waals surface area contributed by atoms with Crippen molar-refractivity contribution in [3.8, 4) is 6.07 Å². The number of amides is 1. The lowest BCUT2D eigenvalue weighted by atomic mass is 10.1. The lowest BCUT2D eigenvalue weighted by Crippen LogP contribution is -2.34. The predicted molar refractivity (Wildman–Crippen MR) is 68.0 cm³/mol. The average Bonchev–Trinajstić information content (AvgIpc) is 2.37. The molecule has 1 aromatic carbocycles. The van der Waals surface area contributed by atoms with Gasteiger partial charge in [0, 0.05) is 25.2 Å². The highest BCUT2D eigenvalue weighted by Gasteiger charge is 2.05. The third-order valence-electron chi connectivity index (χ3n) is 2.28. The van der Waals surface area contributed by atoms with E-state index in [-0.39, 0.29) is 5.91 Å². The zero-order chi connectivity index (χ0) is 13.4. The summed E-state index contributed by atoms with van der Waals surface area (Å²) in [5, 5.41) is 23.5. The molecule has 1 rings (SSSR count). The molecule has 3 N–H and O–H groups in total. The minimum atomic E-state index is -0.395. The molecule has 1 unspecified atom stereocenters. The maximum Gasteiger partial charge on any atom is 0.251 e. The fraction of sp³-hybridized carbons (Fsp3) is 0.385. The third kappa shape index (κ3) is 4.95. The molecule has 5 nitrogen and oxygen atoms in total. The molecule has 1 amide bonds. The molecule has 0 aliphatic rings. The van der Waals surface area contributed by atoms with Crippen LogP contribution >= 0.6 is 0 Å². The van der Waals surface area contributed by atoms with E-state index < -0.39 is 6.10 Å². The molecular formula is C13H17N3O2. The van der Waals surface area contributed by atoms with Crippen LogP contribution in [0.1, 0.15) is 22.8 Å². The van der Waals surface area contributed by atoms with Crippen molar-refractivity contribution >= 4 is 5.91 Å². The van der Waals surface area contributed by atoms with Crippen LogP contribution in [0.15, 0.2) is 24.3 Å². The number of aliphatic hydroxyl groups excluding tert-OH is 1. The largest absolute Gasteiger partial charge is 0.392 e. The Morgan fingerprint density at radius 1 is 1.50 bits per heavy atom. The van der Waals surface area contributed by atoms with Crippen LogP contribution in [0.5, 0.6) is 0 Å². The van der Waals surface area contributed by atoms with Crippen molar-refractivity contribution < 1.29 is 9.90 Å². The minimum absolute atomic E-state index is 0.203. The summed E-state index contributed by atoms with van der Waals surface area (Å²) in [5.41, 5.74) is 0.944. The molecule has 0 saturated heterocycles. The molecule has 96 valence electrons. The van der Waals surface area contributed by atoms with Gasteiger partial charge in [-0.15, -0.1) is 0 Å². The quantitative estimate of drug-likeness (QED) is 0.629. The lowest BCUT2D eigenvalue weighted by molar-refractivity contribution is 0.0953. The van der Waals surface area contributed by atoms with Gasteiger partial charge in [0.15, 0.2) is 0 Å². The number of rotatable bonds is 6. The molecule has 0 fully saturated rings. The van der Waals surface area contributed by atoms with Crippen LogP contribution < -0.4 is 10.6 Å². The van der Waals surface area contributed by atoms with Crippen LogP contribution in [0.4, 0.5) is 0 Å². The van der Waals surface area contributed by atoms with Gasteiger partial charge < -0.3 is 15.7 Å². The summed E-state index contributed by atoms with van der Waals surface area (Å²) in [4.78, 5) is 11.7. The number of benzene rings is 1. The van der Waals surface area contributed by atoms with Gasteiger partial charge in [-0.25, -0.2) is 0 Å². The van der Waals surface area contributed by atoms with E-state index in [2.05, 4.69) is 10.6 Å². The van der Waals surface area contributed by atoms with Gasteiger partial charge in [0.25, 0.3) is 5.91 Å². The van der Waals surface area contributed by atoms with Crippen LogP contribution in [0.2, 0.25) is 0 Å². The van der Waals surface area contributed by atoms with Crippen molar-refractivity contribution in [3.05, 3.63) is 35.4 Å². The first-order valence-corrected chi connectivity index (χ1v) is 5.80. The molecule has 0 saturated carbocycles. The summed E-state index contributed by atoms with van der Waals surface area (Å²) in [6.45, 7) is 3.26. The Morgan fingerprint density at radius 3 is 2.94 bits per heavy atom. The smallest absolute Gasteiger partial charge is 0.251 e. The van der Waals surface area contributed by atoms with Crippen LogP contribution in [0.25, 0.3) is 0 Å². The molecule has 0 aromatic heterocycles. The van der Waals surface area contributed by atoms with E-state index in [0.717, 1.165) is 0 Å². The van der Waals surface area contributed by atoms with Gasteiger partial charge in [-0.2, -0.15) is 5.26 Å². The monoisotopic (exact) mass is 247 g/mol. The van der Waals surface area contributed by atoms with Gasteiger partial charge >= 0.3 is 0 Å². The fourth-order valence-corrected chi connectivity index (χ4v) is 1.41. The summed E-state index contributed by atoms with van der Waals surface area (Å²) < 4.78 is 0. The topological polar surface area (TPSA) is 85.2 Å². The van der Waals surface area contributed by atoms with Gasteiger partial charge in [0.1, 0.15) is 0 Å². The molecule has 18 heavy (non-hydrogen) atoms. The summed E-state index contributed by atoms with van der Waals surface area (Å²) in [5.74, 6) is -0.203. The van der Waals surface area contributed by atoms with E-state index in [0.29, 0.717) is 30.8 Å². The maximum atomic E-state index is 11.7. The van der Waals surface area contributed by atoms with Crippen molar-refractivity contribution in [2.75, 3.05) is 19.6 Å². The lowest BCUT2D eigenvalue weighted by Gasteiger charge is -2.08. The highest BCUT2D eigenvalue weighted by atomic mass is 16.3. The molecule has 0 bridgehead atoms. The Bertz CT molecular complexity index is 438. The second kappa shape index (κ2) is 7.43. The highest BCUT2D eigenvalue weighted by molar-refractivity contribution is 5.94. The summed E-state index contributed by atoms with van der Waals surface area (Å²) in [6, 6.07) is 8.54. The van der Waals surface area contributed by atoms with E-state index in [1.54, 1.807) is 31.2 Å². The van der Waals surface area contributed by atoms with Gasteiger partial charge in [-0.1, -0.05) is 6.07 Å². The first-order chi connectivity index (χ1) is 8.63. The number of nitriles is 1. The average molecular weight is 247 g/mol. The Labute approximate surface area is 106 Å². The third-order valence-corrected chi connectivity index (χ3v) is 2.28. The number of carbonyl (C=O) groups excluding carboxylic acids is 1. The number of nitrogens with zero attached hydrogens (tertiary/aromatic N) is 1. The number of hydrogen-bond acceptors (Lipinski definition) is 4. The van der Waals surface area contributed by atoms with E-state index in [1.165, 1.54) is 0 Å². The number of carbonyl (C=O) groups is 1.